The number of aryl methyl sites for hydroxylation is 3. The van der Waals surface area contributed by atoms with Gasteiger partial charge in [0.05, 0.1) is 0 Å². The summed E-state index contributed by atoms with van der Waals surface area (Å²) < 4.78 is 0. The van der Waals surface area contributed by atoms with E-state index >= 15 is 0 Å². The third-order valence-corrected chi connectivity index (χ3v) is 5.61. The summed E-state index contributed by atoms with van der Waals surface area (Å²) in [5.41, 5.74) is 8.16. The monoisotopic (exact) mass is 377 g/mol. The van der Waals surface area contributed by atoms with E-state index in [9.17, 15) is 0 Å². The van der Waals surface area contributed by atoms with Gasteiger partial charge in [-0.15, -0.1) is 0 Å². The Kier molecular flexibility index (Phi) is 5.22. The van der Waals surface area contributed by atoms with Crippen LogP contribution < -0.4 is 5.32 Å². The summed E-state index contributed by atoms with van der Waals surface area (Å²) in [6.45, 7) is 6.53. The highest BCUT2D eigenvalue weighted by Crippen LogP contribution is 2.41. The molecule has 0 aliphatic heterocycles. The first-order valence-electron chi connectivity index (χ1n) is 10.1. The molecule has 0 atom stereocenters. The smallest absolute Gasteiger partial charge is 0.114 e. The molecule has 4 aromatic carbocycles. The van der Waals surface area contributed by atoms with Gasteiger partial charge in [-0.3, -0.25) is 0 Å². The molecule has 0 unspecified atom stereocenters. The molecule has 0 saturated carbocycles. The van der Waals surface area contributed by atoms with E-state index in [1.807, 2.05) is 0 Å². The molecule has 0 bridgehead atoms. The highest BCUT2D eigenvalue weighted by Gasteiger charge is 2.36. The molecule has 0 amide bonds. The molecule has 1 N–H and O–H groups in total. The van der Waals surface area contributed by atoms with Crippen molar-refractivity contribution in [3.8, 4) is 0 Å². The first kappa shape index (κ1) is 19.0. The minimum Gasteiger partial charge on any atom is -0.367 e. The van der Waals surface area contributed by atoms with Crippen LogP contribution in [-0.4, -0.2) is 0 Å². The van der Waals surface area contributed by atoms with Crippen LogP contribution in [0, 0.1) is 20.8 Å². The van der Waals surface area contributed by atoms with Gasteiger partial charge in [0.2, 0.25) is 0 Å². The lowest BCUT2D eigenvalue weighted by atomic mass is 9.76. The molecular formula is C28H27N. The average molecular weight is 378 g/mol. The van der Waals surface area contributed by atoms with Crippen molar-refractivity contribution in [1.82, 2.24) is 0 Å². The van der Waals surface area contributed by atoms with Crippen LogP contribution in [0.25, 0.3) is 0 Å². The van der Waals surface area contributed by atoms with Crippen molar-refractivity contribution in [3.05, 3.63) is 137 Å². The van der Waals surface area contributed by atoms with Crippen molar-refractivity contribution < 1.29 is 0 Å². The fraction of sp³-hybridized carbons (Fsp3) is 0.143. The zero-order valence-corrected chi connectivity index (χ0v) is 17.3. The third-order valence-electron chi connectivity index (χ3n) is 5.61. The minimum atomic E-state index is -0.492. The highest BCUT2D eigenvalue weighted by atomic mass is 15.0. The molecule has 29 heavy (non-hydrogen) atoms. The van der Waals surface area contributed by atoms with Gasteiger partial charge in [-0.1, -0.05) is 109 Å². The van der Waals surface area contributed by atoms with Crippen LogP contribution in [0.4, 0.5) is 5.69 Å². The second-order valence-electron chi connectivity index (χ2n) is 7.75. The SMILES string of the molecule is Cc1cc(C)c(NC(c2ccccc2)(c2ccccc2)c2ccccc2)c(C)c1. The predicted molar refractivity (Wildman–Crippen MR) is 123 cm³/mol. The summed E-state index contributed by atoms with van der Waals surface area (Å²) in [5.74, 6) is 0. The first-order chi connectivity index (χ1) is 14.1. The van der Waals surface area contributed by atoms with Gasteiger partial charge in [0.1, 0.15) is 5.54 Å². The van der Waals surface area contributed by atoms with Crippen molar-refractivity contribution in [2.75, 3.05) is 5.32 Å². The van der Waals surface area contributed by atoms with Crippen molar-refractivity contribution in [2.45, 2.75) is 26.3 Å². The molecule has 1 nitrogen and oxygen atoms in total. The molecule has 0 saturated heterocycles. The summed E-state index contributed by atoms with van der Waals surface area (Å²) in [4.78, 5) is 0. The number of rotatable bonds is 5. The molecule has 0 radical (unpaired) electrons. The Hall–Kier alpha value is -3.32. The third kappa shape index (κ3) is 3.56. The molecule has 0 aromatic heterocycles. The normalized spacial score (nSPS) is 11.3. The quantitative estimate of drug-likeness (QED) is 0.369. The van der Waals surface area contributed by atoms with E-state index in [1.54, 1.807) is 0 Å². The molecule has 0 fully saturated rings. The zero-order valence-electron chi connectivity index (χ0n) is 17.3. The maximum Gasteiger partial charge on any atom is 0.114 e. The van der Waals surface area contributed by atoms with Gasteiger partial charge in [0, 0.05) is 5.69 Å². The van der Waals surface area contributed by atoms with Gasteiger partial charge in [-0.25, -0.2) is 0 Å². The van der Waals surface area contributed by atoms with Crippen LogP contribution in [-0.2, 0) is 5.54 Å². The van der Waals surface area contributed by atoms with E-state index in [0.29, 0.717) is 0 Å². The fourth-order valence-corrected chi connectivity index (χ4v) is 4.35. The van der Waals surface area contributed by atoms with Crippen molar-refractivity contribution in [3.63, 3.8) is 0 Å². The van der Waals surface area contributed by atoms with Crippen LogP contribution >= 0.6 is 0 Å². The second kappa shape index (κ2) is 7.97. The Morgan fingerprint density at radius 3 is 1.21 bits per heavy atom. The predicted octanol–water partition coefficient (Wildman–Crippen LogP) is 7.02. The first-order valence-corrected chi connectivity index (χ1v) is 10.1. The van der Waals surface area contributed by atoms with Crippen molar-refractivity contribution in [2.24, 2.45) is 0 Å². The van der Waals surface area contributed by atoms with Crippen LogP contribution in [0.15, 0.2) is 103 Å². The fourth-order valence-electron chi connectivity index (χ4n) is 4.35. The van der Waals surface area contributed by atoms with Gasteiger partial charge < -0.3 is 5.32 Å². The van der Waals surface area contributed by atoms with E-state index in [4.69, 9.17) is 0 Å². The largest absolute Gasteiger partial charge is 0.367 e. The topological polar surface area (TPSA) is 12.0 Å². The number of hydrogen-bond acceptors (Lipinski definition) is 1. The summed E-state index contributed by atoms with van der Waals surface area (Å²) in [7, 11) is 0. The molecule has 144 valence electrons. The average Bonchev–Trinajstić information content (AvgIpc) is 2.75. The number of nitrogens with one attached hydrogen (secondary N) is 1. The Balaban J connectivity index is 2.04. The minimum absolute atomic E-state index is 0.492. The van der Waals surface area contributed by atoms with Crippen LogP contribution in [0.3, 0.4) is 0 Å². The number of anilines is 1. The van der Waals surface area contributed by atoms with Crippen molar-refractivity contribution >= 4 is 5.69 Å². The lowest BCUT2D eigenvalue weighted by Gasteiger charge is -2.39. The second-order valence-corrected chi connectivity index (χ2v) is 7.75. The molecule has 4 aromatic rings. The molecule has 0 heterocycles. The Morgan fingerprint density at radius 2 is 0.862 bits per heavy atom. The maximum absolute atomic E-state index is 4.01. The molecule has 4 rings (SSSR count). The zero-order chi connectivity index (χ0) is 20.3. The lowest BCUT2D eigenvalue weighted by molar-refractivity contribution is 0.709. The molecule has 1 heteroatoms. The Morgan fingerprint density at radius 1 is 0.517 bits per heavy atom. The summed E-state index contributed by atoms with van der Waals surface area (Å²) in [6, 6.07) is 36.7. The number of benzene rings is 4. The Bertz CT molecular complexity index is 963. The summed E-state index contributed by atoms with van der Waals surface area (Å²) in [6.07, 6.45) is 0. The van der Waals surface area contributed by atoms with E-state index in [2.05, 4.69) is 129 Å². The van der Waals surface area contributed by atoms with Gasteiger partial charge in [0.15, 0.2) is 0 Å². The van der Waals surface area contributed by atoms with E-state index in [0.717, 1.165) is 0 Å². The van der Waals surface area contributed by atoms with Crippen LogP contribution in [0.1, 0.15) is 33.4 Å². The lowest BCUT2D eigenvalue weighted by Crippen LogP contribution is -2.38. The van der Waals surface area contributed by atoms with Gasteiger partial charge in [-0.2, -0.15) is 0 Å². The molecule has 0 spiro atoms. The van der Waals surface area contributed by atoms with E-state index in [1.165, 1.54) is 39.1 Å². The standard InChI is InChI=1S/C28H27N/c1-21-19-22(2)27(23(3)20-21)29-28(24-13-7-4-8-14-24,25-15-9-5-10-16-25)26-17-11-6-12-18-26/h4-20,29H,1-3H3. The van der Waals surface area contributed by atoms with Crippen molar-refractivity contribution in [1.29, 1.82) is 0 Å². The van der Waals surface area contributed by atoms with E-state index < -0.39 is 5.54 Å². The van der Waals surface area contributed by atoms with Gasteiger partial charge in [0.25, 0.3) is 0 Å². The Labute approximate surface area is 174 Å². The molecule has 0 aliphatic carbocycles. The number of hydrogen-bond donors (Lipinski definition) is 1. The molecule has 0 aliphatic rings. The summed E-state index contributed by atoms with van der Waals surface area (Å²) >= 11 is 0. The summed E-state index contributed by atoms with van der Waals surface area (Å²) in [5, 5.41) is 4.01. The van der Waals surface area contributed by atoms with E-state index in [-0.39, 0.29) is 0 Å². The van der Waals surface area contributed by atoms with Crippen LogP contribution in [0.5, 0.6) is 0 Å². The van der Waals surface area contributed by atoms with Gasteiger partial charge in [-0.05, 0) is 48.6 Å². The van der Waals surface area contributed by atoms with Gasteiger partial charge >= 0.3 is 0 Å². The van der Waals surface area contributed by atoms with Crippen LogP contribution in [0.2, 0.25) is 0 Å². The maximum atomic E-state index is 4.01. The molecular weight excluding hydrogens is 350 g/mol. The highest BCUT2D eigenvalue weighted by molar-refractivity contribution is 5.66.